The van der Waals surface area contributed by atoms with Gasteiger partial charge >= 0.3 is 0 Å². The van der Waals surface area contributed by atoms with Crippen LogP contribution in [-0.4, -0.2) is 66.2 Å². The summed E-state index contributed by atoms with van der Waals surface area (Å²) in [4.78, 5) is 22.0. The zero-order valence-electron chi connectivity index (χ0n) is 21.0. The molecular weight excluding hydrogens is 452 g/mol. The molecule has 1 amide bonds. The quantitative estimate of drug-likeness (QED) is 0.381. The van der Waals surface area contributed by atoms with Crippen molar-refractivity contribution in [2.75, 3.05) is 31.1 Å². The average molecular weight is 483 g/mol. The van der Waals surface area contributed by atoms with Crippen molar-refractivity contribution in [1.29, 1.82) is 0 Å². The molecule has 0 aliphatic carbocycles. The molecule has 2 aromatic carbocycles. The molecule has 1 saturated heterocycles. The first kappa shape index (κ1) is 22.5. The average Bonchev–Trinajstić information content (AvgIpc) is 3.49. The van der Waals surface area contributed by atoms with E-state index in [1.54, 1.807) is 4.52 Å². The minimum atomic E-state index is 0.212. The van der Waals surface area contributed by atoms with Crippen molar-refractivity contribution < 1.29 is 4.79 Å². The number of carbonyl (C=O) groups excluding carboxylic acids is 1. The van der Waals surface area contributed by atoms with Gasteiger partial charge in [-0.3, -0.25) is 9.20 Å². The summed E-state index contributed by atoms with van der Waals surface area (Å²) in [7, 11) is 0. The number of hydrogen-bond donors (Lipinski definition) is 0. The zero-order chi connectivity index (χ0) is 24.8. The highest BCUT2D eigenvalue weighted by atomic mass is 16.2. The second kappa shape index (κ2) is 8.89. The molecular formula is C27H30N8O. The lowest BCUT2D eigenvalue weighted by molar-refractivity contribution is -0.131. The van der Waals surface area contributed by atoms with E-state index in [-0.39, 0.29) is 5.91 Å². The fourth-order valence-electron chi connectivity index (χ4n) is 5.27. The lowest BCUT2D eigenvalue weighted by atomic mass is 10.1. The van der Waals surface area contributed by atoms with E-state index >= 15 is 0 Å². The van der Waals surface area contributed by atoms with Gasteiger partial charge in [0.05, 0.1) is 5.52 Å². The Labute approximate surface area is 209 Å². The molecule has 0 saturated carbocycles. The maximum Gasteiger partial charge on any atom is 0.258 e. The first-order chi connectivity index (χ1) is 17.5. The van der Waals surface area contributed by atoms with Gasteiger partial charge < -0.3 is 9.80 Å². The summed E-state index contributed by atoms with van der Waals surface area (Å²) in [6.45, 7) is 9.45. The van der Waals surface area contributed by atoms with E-state index in [0.29, 0.717) is 24.4 Å². The summed E-state index contributed by atoms with van der Waals surface area (Å²) in [5, 5.41) is 14.4. The van der Waals surface area contributed by atoms with Crippen LogP contribution in [0.5, 0.6) is 0 Å². The monoisotopic (exact) mass is 482 g/mol. The standard InChI is InChI=1S/C27H30N8O/c1-18-8-6-11-22(19(18)2)32-14-16-33(17-15-32)25(36)13-7-12-24-29-30-27-34(24)23-10-5-4-9-21(23)26-28-20(3)31-35(26)27/h4-6,8-11H,7,12-17H2,1-3H3. The Balaban J connectivity index is 1.14. The highest BCUT2D eigenvalue weighted by molar-refractivity contribution is 5.93. The van der Waals surface area contributed by atoms with Crippen molar-refractivity contribution in [2.24, 2.45) is 0 Å². The minimum Gasteiger partial charge on any atom is -0.368 e. The molecule has 0 N–H and O–H groups in total. The molecule has 36 heavy (non-hydrogen) atoms. The van der Waals surface area contributed by atoms with Gasteiger partial charge in [-0.2, -0.15) is 4.52 Å². The molecule has 6 rings (SSSR count). The van der Waals surface area contributed by atoms with Gasteiger partial charge in [-0.15, -0.1) is 15.3 Å². The lowest BCUT2D eigenvalue weighted by Crippen LogP contribution is -2.49. The molecule has 0 radical (unpaired) electrons. The van der Waals surface area contributed by atoms with E-state index in [1.165, 1.54) is 16.8 Å². The molecule has 9 heteroatoms. The van der Waals surface area contributed by atoms with Gasteiger partial charge in [0.15, 0.2) is 5.65 Å². The third kappa shape index (κ3) is 3.75. The summed E-state index contributed by atoms with van der Waals surface area (Å²) in [6, 6.07) is 14.6. The zero-order valence-corrected chi connectivity index (χ0v) is 21.0. The fourth-order valence-corrected chi connectivity index (χ4v) is 5.27. The van der Waals surface area contributed by atoms with Gasteiger partial charge in [0.2, 0.25) is 5.91 Å². The van der Waals surface area contributed by atoms with Crippen LogP contribution in [0.1, 0.15) is 35.6 Å². The Morgan fingerprint density at radius 2 is 1.75 bits per heavy atom. The van der Waals surface area contributed by atoms with Crippen molar-refractivity contribution >= 4 is 33.9 Å². The summed E-state index contributed by atoms with van der Waals surface area (Å²) >= 11 is 0. The largest absolute Gasteiger partial charge is 0.368 e. The smallest absolute Gasteiger partial charge is 0.258 e. The summed E-state index contributed by atoms with van der Waals surface area (Å²) in [6.07, 6.45) is 1.89. The second-order valence-electron chi connectivity index (χ2n) is 9.60. The molecule has 4 heterocycles. The van der Waals surface area contributed by atoms with Gasteiger partial charge in [0.1, 0.15) is 11.6 Å². The lowest BCUT2D eigenvalue weighted by Gasteiger charge is -2.37. The number of anilines is 1. The van der Waals surface area contributed by atoms with E-state index in [4.69, 9.17) is 0 Å². The van der Waals surface area contributed by atoms with Crippen LogP contribution in [0, 0.1) is 20.8 Å². The van der Waals surface area contributed by atoms with E-state index in [1.807, 2.05) is 34.4 Å². The Kier molecular flexibility index (Phi) is 5.55. The molecule has 0 bridgehead atoms. The topological polar surface area (TPSA) is 83.9 Å². The molecule has 9 nitrogen and oxygen atoms in total. The maximum absolute atomic E-state index is 13.0. The normalized spacial score (nSPS) is 14.4. The molecule has 1 fully saturated rings. The number of para-hydroxylation sites is 1. The Bertz CT molecular complexity index is 1590. The van der Waals surface area contributed by atoms with Crippen molar-refractivity contribution in [3.63, 3.8) is 0 Å². The second-order valence-corrected chi connectivity index (χ2v) is 9.60. The van der Waals surface area contributed by atoms with Crippen LogP contribution in [0.25, 0.3) is 22.3 Å². The SMILES string of the molecule is Cc1nc2c3ccccc3n3c(CCCC(=O)N4CCN(c5cccc(C)c5C)CC4)nnc3n2n1. The Hall–Kier alpha value is -4.01. The Morgan fingerprint density at radius 3 is 2.58 bits per heavy atom. The number of fused-ring (bicyclic) bond motifs is 6. The molecule has 1 aliphatic rings. The van der Waals surface area contributed by atoms with Crippen molar-refractivity contribution in [2.45, 2.75) is 40.0 Å². The molecule has 0 atom stereocenters. The molecule has 5 aromatic rings. The van der Waals surface area contributed by atoms with Crippen LogP contribution in [0.4, 0.5) is 5.69 Å². The number of hydrogen-bond acceptors (Lipinski definition) is 6. The van der Waals surface area contributed by atoms with Gasteiger partial charge in [-0.05, 0) is 56.5 Å². The van der Waals surface area contributed by atoms with Gasteiger partial charge in [-0.1, -0.05) is 24.3 Å². The molecule has 3 aromatic heterocycles. The summed E-state index contributed by atoms with van der Waals surface area (Å²) in [5.74, 6) is 2.39. The van der Waals surface area contributed by atoms with E-state index in [9.17, 15) is 4.79 Å². The van der Waals surface area contributed by atoms with Crippen LogP contribution in [0.2, 0.25) is 0 Å². The van der Waals surface area contributed by atoms with Crippen molar-refractivity contribution in [1.82, 2.24) is 34.1 Å². The third-order valence-electron chi connectivity index (χ3n) is 7.34. The van der Waals surface area contributed by atoms with Crippen molar-refractivity contribution in [3.8, 4) is 0 Å². The fraction of sp³-hybridized carbons (Fsp3) is 0.370. The maximum atomic E-state index is 13.0. The summed E-state index contributed by atoms with van der Waals surface area (Å²) < 4.78 is 3.80. The Morgan fingerprint density at radius 1 is 0.944 bits per heavy atom. The first-order valence-electron chi connectivity index (χ1n) is 12.6. The van der Waals surface area contributed by atoms with Crippen LogP contribution in [0.3, 0.4) is 0 Å². The first-order valence-corrected chi connectivity index (χ1v) is 12.6. The number of aromatic nitrogens is 6. The van der Waals surface area contributed by atoms with Gasteiger partial charge in [0, 0.05) is 50.1 Å². The number of piperazine rings is 1. The van der Waals surface area contributed by atoms with Crippen LogP contribution >= 0.6 is 0 Å². The predicted octanol–water partition coefficient (Wildman–Crippen LogP) is 3.52. The highest BCUT2D eigenvalue weighted by Crippen LogP contribution is 2.25. The van der Waals surface area contributed by atoms with E-state index in [2.05, 4.69) is 63.3 Å². The number of aryl methyl sites for hydroxylation is 3. The molecule has 184 valence electrons. The van der Waals surface area contributed by atoms with Gasteiger partial charge in [-0.25, -0.2) is 4.98 Å². The van der Waals surface area contributed by atoms with E-state index in [0.717, 1.165) is 55.0 Å². The van der Waals surface area contributed by atoms with Crippen molar-refractivity contribution in [3.05, 3.63) is 65.2 Å². The van der Waals surface area contributed by atoms with E-state index < -0.39 is 0 Å². The van der Waals surface area contributed by atoms with Crippen LogP contribution in [-0.2, 0) is 11.2 Å². The predicted molar refractivity (Wildman–Crippen MR) is 139 cm³/mol. The number of carbonyl (C=O) groups is 1. The minimum absolute atomic E-state index is 0.212. The number of benzene rings is 2. The third-order valence-corrected chi connectivity index (χ3v) is 7.34. The molecule has 0 spiro atoms. The van der Waals surface area contributed by atoms with Crippen LogP contribution in [0.15, 0.2) is 42.5 Å². The number of nitrogens with zero attached hydrogens (tertiary/aromatic N) is 8. The van der Waals surface area contributed by atoms with Gasteiger partial charge in [0.25, 0.3) is 5.78 Å². The molecule has 0 unspecified atom stereocenters. The number of rotatable bonds is 5. The highest BCUT2D eigenvalue weighted by Gasteiger charge is 2.23. The van der Waals surface area contributed by atoms with Crippen LogP contribution < -0.4 is 4.90 Å². The molecule has 1 aliphatic heterocycles. The number of amides is 1. The summed E-state index contributed by atoms with van der Waals surface area (Å²) in [5.41, 5.74) is 5.69.